The molecule has 4 aliphatic heterocycles. The number of ether oxygens (including phenoxy) is 3. The predicted molar refractivity (Wildman–Crippen MR) is 141 cm³/mol. The van der Waals surface area contributed by atoms with Gasteiger partial charge in [0.2, 0.25) is 0 Å². The van der Waals surface area contributed by atoms with Crippen LogP contribution in [0.15, 0.2) is 91.0 Å². The average Bonchev–Trinajstić information content (AvgIpc) is 3.74. The van der Waals surface area contributed by atoms with E-state index in [4.69, 9.17) is 23.3 Å². The third kappa shape index (κ3) is 4.25. The number of benzene rings is 3. The van der Waals surface area contributed by atoms with Gasteiger partial charge >= 0.3 is 0 Å². The molecule has 192 valence electrons. The Kier molecular flexibility index (Phi) is 6.60. The molecule has 3 aromatic carbocycles. The maximum Gasteiger partial charge on any atom is 0.260 e. The Morgan fingerprint density at radius 2 is 1.38 bits per heavy atom. The van der Waals surface area contributed by atoms with Crippen LogP contribution in [-0.4, -0.2) is 54.9 Å². The van der Waals surface area contributed by atoms with Crippen molar-refractivity contribution in [2.24, 2.45) is 0 Å². The van der Waals surface area contributed by atoms with Crippen molar-refractivity contribution < 1.29 is 23.3 Å². The SMILES string of the molecule is c1ccc(CO[C@@H]2COC3C2OC[C@H]3OP2OC(c3ccccc3)(c3ccccc3)[C@@H]3CCCN32)cc1. The van der Waals surface area contributed by atoms with Gasteiger partial charge in [-0.3, -0.25) is 0 Å². The highest BCUT2D eigenvalue weighted by Gasteiger charge is 2.60. The van der Waals surface area contributed by atoms with E-state index >= 15 is 0 Å². The Hall–Kier alpha value is -2.15. The molecule has 4 heterocycles. The summed E-state index contributed by atoms with van der Waals surface area (Å²) in [5, 5.41) is 0. The standard InChI is InChI=1S/C30H32NO5P/c1-4-11-22(12-5-1)19-32-25-20-33-29-26(21-34-28(25)29)35-37-31-18-10-17-27(31)30(36-37,23-13-6-2-7-14-23)24-15-8-3-9-16-24/h1-9,11-16,25-29H,10,17-21H2/t25-,26-,27+,28?,29?,37?/m1/s1. The van der Waals surface area contributed by atoms with Crippen molar-refractivity contribution in [3.05, 3.63) is 108 Å². The van der Waals surface area contributed by atoms with Gasteiger partial charge in [0, 0.05) is 6.54 Å². The molecule has 0 radical (unpaired) electrons. The molecule has 0 N–H and O–H groups in total. The Labute approximate surface area is 219 Å². The van der Waals surface area contributed by atoms with Crippen LogP contribution < -0.4 is 0 Å². The zero-order valence-corrected chi connectivity index (χ0v) is 21.6. The molecule has 37 heavy (non-hydrogen) atoms. The van der Waals surface area contributed by atoms with Crippen LogP contribution in [0.1, 0.15) is 29.5 Å². The summed E-state index contributed by atoms with van der Waals surface area (Å²) in [6, 6.07) is 31.7. The van der Waals surface area contributed by atoms with Crippen molar-refractivity contribution in [3.8, 4) is 0 Å². The van der Waals surface area contributed by atoms with E-state index in [2.05, 4.69) is 77.5 Å². The van der Waals surface area contributed by atoms with E-state index in [9.17, 15) is 0 Å². The van der Waals surface area contributed by atoms with E-state index < -0.39 is 14.1 Å². The van der Waals surface area contributed by atoms with Crippen LogP contribution in [-0.2, 0) is 35.5 Å². The molecule has 0 aromatic heterocycles. The minimum Gasteiger partial charge on any atom is -0.370 e. The summed E-state index contributed by atoms with van der Waals surface area (Å²) >= 11 is 0. The van der Waals surface area contributed by atoms with Gasteiger partial charge in [0.05, 0.1) is 25.9 Å². The van der Waals surface area contributed by atoms with Gasteiger partial charge in [-0.05, 0) is 29.5 Å². The van der Waals surface area contributed by atoms with E-state index in [-0.39, 0.29) is 30.5 Å². The molecule has 4 aliphatic rings. The van der Waals surface area contributed by atoms with Crippen LogP contribution in [0.25, 0.3) is 0 Å². The first-order chi connectivity index (χ1) is 18.3. The zero-order chi connectivity index (χ0) is 24.7. The smallest absolute Gasteiger partial charge is 0.260 e. The summed E-state index contributed by atoms with van der Waals surface area (Å²) in [5.74, 6) is 0. The quantitative estimate of drug-likeness (QED) is 0.390. The summed E-state index contributed by atoms with van der Waals surface area (Å²) in [7, 11) is -1.28. The van der Waals surface area contributed by atoms with Gasteiger partial charge in [0.25, 0.3) is 8.53 Å². The monoisotopic (exact) mass is 517 g/mol. The zero-order valence-electron chi connectivity index (χ0n) is 20.7. The van der Waals surface area contributed by atoms with Gasteiger partial charge < -0.3 is 23.3 Å². The van der Waals surface area contributed by atoms with Crippen LogP contribution >= 0.6 is 8.53 Å². The molecule has 6 nitrogen and oxygen atoms in total. The summed E-state index contributed by atoms with van der Waals surface area (Å²) in [4.78, 5) is 0. The first kappa shape index (κ1) is 23.9. The maximum absolute atomic E-state index is 7.06. The molecule has 3 unspecified atom stereocenters. The third-order valence-corrected chi connectivity index (χ3v) is 9.82. The summed E-state index contributed by atoms with van der Waals surface area (Å²) in [6.07, 6.45) is 1.68. The highest BCUT2D eigenvalue weighted by molar-refractivity contribution is 7.45. The number of rotatable bonds is 7. The highest BCUT2D eigenvalue weighted by atomic mass is 31.2. The lowest BCUT2D eigenvalue weighted by Crippen LogP contribution is -2.40. The Morgan fingerprint density at radius 1 is 0.784 bits per heavy atom. The molecule has 0 saturated carbocycles. The minimum atomic E-state index is -1.28. The number of fused-ring (bicyclic) bond motifs is 2. The van der Waals surface area contributed by atoms with Gasteiger partial charge in [-0.25, -0.2) is 4.67 Å². The third-order valence-electron chi connectivity index (χ3n) is 8.03. The first-order valence-electron chi connectivity index (χ1n) is 13.3. The summed E-state index contributed by atoms with van der Waals surface area (Å²) in [6.45, 7) is 2.54. The van der Waals surface area contributed by atoms with Crippen LogP contribution in [0.3, 0.4) is 0 Å². The van der Waals surface area contributed by atoms with Crippen molar-refractivity contribution in [2.75, 3.05) is 19.8 Å². The molecule has 0 spiro atoms. The molecule has 0 aliphatic carbocycles. The number of nitrogens with zero attached hydrogens (tertiary/aromatic N) is 1. The van der Waals surface area contributed by atoms with Crippen molar-refractivity contribution in [2.45, 2.75) is 55.5 Å². The Balaban J connectivity index is 1.10. The normalized spacial score (nSPS) is 32.4. The first-order valence-corrected chi connectivity index (χ1v) is 14.4. The molecule has 0 bridgehead atoms. The van der Waals surface area contributed by atoms with Crippen molar-refractivity contribution in [1.29, 1.82) is 0 Å². The van der Waals surface area contributed by atoms with E-state index in [1.807, 2.05) is 18.2 Å². The van der Waals surface area contributed by atoms with E-state index in [0.717, 1.165) is 24.9 Å². The lowest BCUT2D eigenvalue weighted by atomic mass is 9.79. The van der Waals surface area contributed by atoms with Gasteiger partial charge in [0.1, 0.15) is 30.0 Å². The number of hydrogen-bond acceptors (Lipinski definition) is 6. The molecular formula is C30H32NO5P. The fourth-order valence-electron chi connectivity index (χ4n) is 6.26. The van der Waals surface area contributed by atoms with E-state index in [1.54, 1.807) is 0 Å². The molecule has 4 saturated heterocycles. The summed E-state index contributed by atoms with van der Waals surface area (Å²) in [5.41, 5.74) is 2.96. The molecule has 4 fully saturated rings. The van der Waals surface area contributed by atoms with Crippen LogP contribution in [0.2, 0.25) is 0 Å². The predicted octanol–water partition coefficient (Wildman–Crippen LogP) is 5.42. The van der Waals surface area contributed by atoms with Gasteiger partial charge in [0.15, 0.2) is 0 Å². The fraction of sp³-hybridized carbons (Fsp3) is 0.400. The molecule has 0 amide bonds. The Bertz CT molecular complexity index is 1140. The lowest BCUT2D eigenvalue weighted by Gasteiger charge is -2.34. The minimum absolute atomic E-state index is 0.0941. The average molecular weight is 518 g/mol. The van der Waals surface area contributed by atoms with Crippen molar-refractivity contribution in [3.63, 3.8) is 0 Å². The van der Waals surface area contributed by atoms with Crippen LogP contribution in [0.4, 0.5) is 0 Å². The van der Waals surface area contributed by atoms with Crippen molar-refractivity contribution in [1.82, 2.24) is 4.67 Å². The molecule has 6 atom stereocenters. The van der Waals surface area contributed by atoms with Gasteiger partial charge in [-0.1, -0.05) is 91.0 Å². The topological polar surface area (TPSA) is 49.4 Å². The largest absolute Gasteiger partial charge is 0.370 e. The number of hydrogen-bond donors (Lipinski definition) is 0. The highest BCUT2D eigenvalue weighted by Crippen LogP contribution is 2.65. The van der Waals surface area contributed by atoms with Gasteiger partial charge in [-0.2, -0.15) is 0 Å². The molecular weight excluding hydrogens is 485 g/mol. The van der Waals surface area contributed by atoms with Crippen molar-refractivity contribution >= 4 is 8.53 Å². The molecule has 7 rings (SSSR count). The summed E-state index contributed by atoms with van der Waals surface area (Å²) < 4.78 is 34.9. The van der Waals surface area contributed by atoms with Gasteiger partial charge in [-0.15, -0.1) is 0 Å². The van der Waals surface area contributed by atoms with E-state index in [1.165, 1.54) is 11.1 Å². The second kappa shape index (κ2) is 10.2. The van der Waals surface area contributed by atoms with E-state index in [0.29, 0.717) is 19.8 Å². The lowest BCUT2D eigenvalue weighted by molar-refractivity contribution is -0.0429. The second-order valence-electron chi connectivity index (χ2n) is 10.2. The van der Waals surface area contributed by atoms with Crippen LogP contribution in [0, 0.1) is 0 Å². The fourth-order valence-corrected chi connectivity index (χ4v) is 8.33. The molecule has 7 heteroatoms. The molecule has 3 aromatic rings. The second-order valence-corrected chi connectivity index (χ2v) is 11.6. The maximum atomic E-state index is 7.06. The van der Waals surface area contributed by atoms with Crippen LogP contribution in [0.5, 0.6) is 0 Å². The Morgan fingerprint density at radius 3 is 2.05 bits per heavy atom.